The standard InChI is InChI=1S/C26H21ClN8O3/c1-33(26(37)38)21-5-3-2-4-18(21)20-13-28-25(30-20)23-9-7-17-10-15(11-24(36)35(17)23)19-12-16(27)6-8-22(19)34-14-29-31-32-34/h2-6,8,10-14,23H,7,9H2,1H3,(H,28,30)(H,37,38)/t23-/m0/s1. The van der Waals surface area contributed by atoms with Crippen molar-refractivity contribution in [2.24, 2.45) is 0 Å². The number of aromatic amines is 1. The van der Waals surface area contributed by atoms with Gasteiger partial charge in [-0.05, 0) is 59.2 Å². The molecule has 0 bridgehead atoms. The monoisotopic (exact) mass is 528 g/mol. The van der Waals surface area contributed by atoms with E-state index < -0.39 is 6.09 Å². The molecule has 0 aliphatic carbocycles. The van der Waals surface area contributed by atoms with E-state index in [-0.39, 0.29) is 11.6 Å². The van der Waals surface area contributed by atoms with Crippen LogP contribution in [-0.4, -0.2) is 53.0 Å². The van der Waals surface area contributed by atoms with Crippen LogP contribution in [0.1, 0.15) is 24.0 Å². The van der Waals surface area contributed by atoms with Crippen LogP contribution < -0.4 is 10.5 Å². The van der Waals surface area contributed by atoms with Crippen LogP contribution >= 0.6 is 11.6 Å². The number of carbonyl (C=O) groups is 1. The van der Waals surface area contributed by atoms with Gasteiger partial charge in [0.05, 0.1) is 29.3 Å². The Kier molecular flexibility index (Phi) is 5.76. The van der Waals surface area contributed by atoms with Crippen molar-refractivity contribution in [1.82, 2.24) is 34.7 Å². The van der Waals surface area contributed by atoms with Crippen molar-refractivity contribution < 1.29 is 9.90 Å². The molecule has 0 spiro atoms. The maximum absolute atomic E-state index is 13.4. The zero-order chi connectivity index (χ0) is 26.4. The Labute approximate surface area is 221 Å². The molecule has 190 valence electrons. The number of benzene rings is 2. The van der Waals surface area contributed by atoms with E-state index in [1.165, 1.54) is 18.1 Å². The third-order valence-corrected chi connectivity index (χ3v) is 6.99. The number of amides is 1. The topological polar surface area (TPSA) is 135 Å². The van der Waals surface area contributed by atoms with Crippen LogP contribution in [0.4, 0.5) is 10.5 Å². The molecule has 2 N–H and O–H groups in total. The van der Waals surface area contributed by atoms with E-state index in [0.717, 1.165) is 21.7 Å². The highest BCUT2D eigenvalue weighted by Gasteiger charge is 2.28. The summed E-state index contributed by atoms with van der Waals surface area (Å²) in [6.07, 6.45) is 3.48. The number of anilines is 1. The quantitative estimate of drug-likeness (QED) is 0.349. The average molecular weight is 529 g/mol. The van der Waals surface area contributed by atoms with Crippen LogP contribution in [0.15, 0.2) is 71.9 Å². The van der Waals surface area contributed by atoms with Gasteiger partial charge in [0.15, 0.2) is 0 Å². The van der Waals surface area contributed by atoms with Crippen LogP contribution in [0.5, 0.6) is 0 Å². The number of aryl methyl sites for hydroxylation is 1. The molecule has 0 saturated carbocycles. The molecule has 0 unspecified atom stereocenters. The molecule has 0 radical (unpaired) electrons. The van der Waals surface area contributed by atoms with E-state index in [9.17, 15) is 14.7 Å². The number of nitrogens with one attached hydrogen (secondary N) is 1. The molecule has 4 heterocycles. The van der Waals surface area contributed by atoms with Gasteiger partial charge in [0.25, 0.3) is 5.56 Å². The second-order valence-electron chi connectivity index (χ2n) is 8.95. The van der Waals surface area contributed by atoms with Crippen molar-refractivity contribution in [3.63, 3.8) is 0 Å². The summed E-state index contributed by atoms with van der Waals surface area (Å²) in [6, 6.07) is 15.8. The van der Waals surface area contributed by atoms with Crippen LogP contribution in [-0.2, 0) is 6.42 Å². The highest BCUT2D eigenvalue weighted by atomic mass is 35.5. The molecule has 12 heteroatoms. The van der Waals surface area contributed by atoms with Gasteiger partial charge in [0, 0.05) is 35.0 Å². The first-order valence-electron chi connectivity index (χ1n) is 11.8. The van der Waals surface area contributed by atoms with Crippen LogP contribution in [0, 0.1) is 0 Å². The summed E-state index contributed by atoms with van der Waals surface area (Å²) in [7, 11) is 1.49. The molecular formula is C26H21ClN8O3. The van der Waals surface area contributed by atoms with E-state index in [1.54, 1.807) is 41.1 Å². The minimum absolute atomic E-state index is 0.161. The third-order valence-electron chi connectivity index (χ3n) is 6.75. The summed E-state index contributed by atoms with van der Waals surface area (Å²) in [6.45, 7) is 0. The van der Waals surface area contributed by atoms with Gasteiger partial charge in [-0.2, -0.15) is 4.68 Å². The van der Waals surface area contributed by atoms with E-state index in [2.05, 4.69) is 25.5 Å². The second kappa shape index (κ2) is 9.27. The van der Waals surface area contributed by atoms with Crippen LogP contribution in [0.25, 0.3) is 28.1 Å². The predicted octanol–water partition coefficient (Wildman–Crippen LogP) is 4.18. The van der Waals surface area contributed by atoms with E-state index in [4.69, 9.17) is 11.6 Å². The summed E-state index contributed by atoms with van der Waals surface area (Å²) in [5, 5.41) is 21.4. The summed E-state index contributed by atoms with van der Waals surface area (Å²) in [4.78, 5) is 34.0. The predicted molar refractivity (Wildman–Crippen MR) is 141 cm³/mol. The number of imidazole rings is 1. The van der Waals surface area contributed by atoms with E-state index in [0.29, 0.717) is 46.3 Å². The molecule has 6 rings (SSSR count). The Bertz CT molecular complexity index is 1730. The zero-order valence-corrected chi connectivity index (χ0v) is 20.9. The average Bonchev–Trinajstić information content (AvgIpc) is 3.69. The van der Waals surface area contributed by atoms with Crippen molar-refractivity contribution in [2.75, 3.05) is 11.9 Å². The van der Waals surface area contributed by atoms with Gasteiger partial charge in [-0.25, -0.2) is 9.78 Å². The largest absolute Gasteiger partial charge is 0.465 e. The molecule has 2 aromatic carbocycles. The Morgan fingerprint density at radius 2 is 2.00 bits per heavy atom. The summed E-state index contributed by atoms with van der Waals surface area (Å²) < 4.78 is 3.28. The molecule has 1 amide bonds. The number of nitrogens with zero attached hydrogens (tertiary/aromatic N) is 7. The van der Waals surface area contributed by atoms with Gasteiger partial charge in [0.2, 0.25) is 0 Å². The summed E-state index contributed by atoms with van der Waals surface area (Å²) in [5.41, 5.74) is 4.80. The molecule has 5 aromatic rings. The summed E-state index contributed by atoms with van der Waals surface area (Å²) >= 11 is 6.30. The smallest absolute Gasteiger partial charge is 0.411 e. The number of carboxylic acid groups (broad SMARTS) is 1. The van der Waals surface area contributed by atoms with Crippen LogP contribution in [0.3, 0.4) is 0 Å². The first-order valence-corrected chi connectivity index (χ1v) is 12.2. The minimum atomic E-state index is -1.06. The number of rotatable bonds is 5. The van der Waals surface area contributed by atoms with E-state index in [1.807, 2.05) is 24.3 Å². The van der Waals surface area contributed by atoms with Crippen molar-refractivity contribution in [2.45, 2.75) is 18.9 Å². The molecule has 0 fully saturated rings. The lowest BCUT2D eigenvalue weighted by Crippen LogP contribution is -2.24. The van der Waals surface area contributed by atoms with E-state index >= 15 is 0 Å². The highest BCUT2D eigenvalue weighted by molar-refractivity contribution is 6.31. The first kappa shape index (κ1) is 23.6. The molecule has 1 atom stereocenters. The van der Waals surface area contributed by atoms with Gasteiger partial charge in [-0.15, -0.1) is 5.10 Å². The molecule has 3 aromatic heterocycles. The number of H-pyrrole nitrogens is 1. The second-order valence-corrected chi connectivity index (χ2v) is 9.39. The van der Waals surface area contributed by atoms with Gasteiger partial charge in [-0.1, -0.05) is 29.8 Å². The number of hydrogen-bond acceptors (Lipinski definition) is 6. The van der Waals surface area contributed by atoms with Crippen molar-refractivity contribution in [3.05, 3.63) is 94.0 Å². The summed E-state index contributed by atoms with van der Waals surface area (Å²) in [5.74, 6) is 0.638. The molecular weight excluding hydrogens is 508 g/mol. The van der Waals surface area contributed by atoms with Gasteiger partial charge >= 0.3 is 6.09 Å². The maximum atomic E-state index is 13.4. The van der Waals surface area contributed by atoms with Crippen molar-refractivity contribution in [3.8, 4) is 28.1 Å². The molecule has 1 aliphatic heterocycles. The fourth-order valence-corrected chi connectivity index (χ4v) is 5.13. The number of aromatic nitrogens is 7. The number of halogens is 1. The minimum Gasteiger partial charge on any atom is -0.465 e. The Morgan fingerprint density at radius 3 is 2.79 bits per heavy atom. The fourth-order valence-electron chi connectivity index (χ4n) is 4.96. The normalized spacial score (nSPS) is 14.4. The van der Waals surface area contributed by atoms with Crippen LogP contribution in [0.2, 0.25) is 5.02 Å². The van der Waals surface area contributed by atoms with Crippen molar-refractivity contribution in [1.29, 1.82) is 0 Å². The maximum Gasteiger partial charge on any atom is 0.411 e. The zero-order valence-electron chi connectivity index (χ0n) is 20.1. The Hall–Kier alpha value is -4.77. The Morgan fingerprint density at radius 1 is 1.16 bits per heavy atom. The SMILES string of the molecule is CN(C(=O)O)c1ccccc1-c1cnc([C@@H]2CCc3cc(-c4cc(Cl)ccc4-n4cnnn4)cc(=O)n32)[nH]1. The number of hydrogen-bond donors (Lipinski definition) is 2. The highest BCUT2D eigenvalue weighted by Crippen LogP contribution is 2.35. The molecule has 38 heavy (non-hydrogen) atoms. The molecule has 11 nitrogen and oxygen atoms in total. The van der Waals surface area contributed by atoms with Gasteiger partial charge in [-0.3, -0.25) is 9.69 Å². The lowest BCUT2D eigenvalue weighted by Gasteiger charge is -2.17. The van der Waals surface area contributed by atoms with Crippen molar-refractivity contribution >= 4 is 23.4 Å². The number of tetrazole rings is 1. The molecule has 1 aliphatic rings. The number of fused-ring (bicyclic) bond motifs is 1. The lowest BCUT2D eigenvalue weighted by atomic mass is 10.0. The van der Waals surface area contributed by atoms with Gasteiger partial charge < -0.3 is 14.7 Å². The molecule has 0 saturated heterocycles. The number of para-hydroxylation sites is 1. The third kappa shape index (κ3) is 4.02. The first-order chi connectivity index (χ1) is 18.4. The lowest BCUT2D eigenvalue weighted by molar-refractivity contribution is 0.203. The number of pyridine rings is 1. The Balaban J connectivity index is 1.37. The fraction of sp³-hybridized carbons (Fsp3) is 0.154. The van der Waals surface area contributed by atoms with Gasteiger partial charge in [0.1, 0.15) is 12.2 Å².